The molecule has 0 saturated heterocycles. The van der Waals surface area contributed by atoms with Crippen molar-refractivity contribution in [3.8, 4) is 0 Å². The summed E-state index contributed by atoms with van der Waals surface area (Å²) in [6.45, 7) is 0.741. The molecule has 0 fully saturated rings. The second kappa shape index (κ2) is 2.38. The van der Waals surface area contributed by atoms with Gasteiger partial charge in [-0.2, -0.15) is 0 Å². The van der Waals surface area contributed by atoms with Crippen molar-refractivity contribution in [2.24, 2.45) is 5.73 Å². The van der Waals surface area contributed by atoms with E-state index in [1.54, 1.807) is 0 Å². The summed E-state index contributed by atoms with van der Waals surface area (Å²) in [5.74, 6) is 1.24. The molecular formula is C5H9NS. The van der Waals surface area contributed by atoms with Crippen molar-refractivity contribution in [1.82, 2.24) is 0 Å². The summed E-state index contributed by atoms with van der Waals surface area (Å²) in [4.78, 5) is 1.36. The average molecular weight is 115 g/mol. The fourth-order valence-corrected chi connectivity index (χ4v) is 1.46. The van der Waals surface area contributed by atoms with Crippen LogP contribution in [0.5, 0.6) is 0 Å². The summed E-state index contributed by atoms with van der Waals surface area (Å²) < 4.78 is 0. The van der Waals surface area contributed by atoms with Crippen LogP contribution < -0.4 is 5.73 Å². The van der Waals surface area contributed by atoms with E-state index >= 15 is 0 Å². The lowest BCUT2D eigenvalue weighted by atomic mass is 10.4. The summed E-state index contributed by atoms with van der Waals surface area (Å²) in [6, 6.07) is 0. The van der Waals surface area contributed by atoms with E-state index in [2.05, 4.69) is 6.08 Å². The van der Waals surface area contributed by atoms with E-state index in [0.717, 1.165) is 6.54 Å². The Hall–Kier alpha value is 0.0500. The van der Waals surface area contributed by atoms with Crippen LogP contribution in [0.3, 0.4) is 0 Å². The third-order valence-electron chi connectivity index (χ3n) is 0.979. The number of allylic oxidation sites excluding steroid dienone is 1. The van der Waals surface area contributed by atoms with Crippen LogP contribution in [0.4, 0.5) is 0 Å². The molecule has 0 amide bonds. The molecule has 0 aliphatic carbocycles. The molecule has 1 aliphatic heterocycles. The fourth-order valence-electron chi connectivity index (χ4n) is 0.611. The molecule has 2 heteroatoms. The molecule has 0 aromatic rings. The van der Waals surface area contributed by atoms with Gasteiger partial charge in [0.2, 0.25) is 0 Å². The highest BCUT2D eigenvalue weighted by molar-refractivity contribution is 8.03. The van der Waals surface area contributed by atoms with Crippen LogP contribution in [0.25, 0.3) is 0 Å². The van der Waals surface area contributed by atoms with E-state index in [-0.39, 0.29) is 0 Å². The zero-order valence-electron chi connectivity index (χ0n) is 4.18. The highest BCUT2D eigenvalue weighted by atomic mass is 32.2. The van der Waals surface area contributed by atoms with Crippen LogP contribution in [-0.4, -0.2) is 12.3 Å². The smallest absolute Gasteiger partial charge is 0.0235 e. The molecular weight excluding hydrogens is 106 g/mol. The van der Waals surface area contributed by atoms with Crippen molar-refractivity contribution in [3.05, 3.63) is 11.0 Å². The van der Waals surface area contributed by atoms with E-state index in [1.165, 1.54) is 17.1 Å². The largest absolute Gasteiger partial charge is 0.326 e. The Morgan fingerprint density at radius 3 is 3.00 bits per heavy atom. The number of nitrogens with two attached hydrogens (primary N) is 1. The number of hydrogen-bond donors (Lipinski definition) is 1. The molecule has 0 radical (unpaired) electrons. The first-order valence-corrected chi connectivity index (χ1v) is 3.44. The molecule has 1 heterocycles. The van der Waals surface area contributed by atoms with Crippen molar-refractivity contribution in [3.63, 3.8) is 0 Å². The average Bonchev–Trinajstić information content (AvgIpc) is 2.14. The molecule has 2 N–H and O–H groups in total. The Labute approximate surface area is 48.0 Å². The van der Waals surface area contributed by atoms with Crippen LogP contribution in [-0.2, 0) is 0 Å². The fraction of sp³-hybridized carbons (Fsp3) is 0.600. The van der Waals surface area contributed by atoms with E-state index in [9.17, 15) is 0 Å². The molecule has 1 nitrogen and oxygen atoms in total. The van der Waals surface area contributed by atoms with Crippen molar-refractivity contribution in [2.45, 2.75) is 6.42 Å². The van der Waals surface area contributed by atoms with Gasteiger partial charge in [-0.15, -0.1) is 11.8 Å². The zero-order valence-corrected chi connectivity index (χ0v) is 5.00. The minimum absolute atomic E-state index is 0.741. The molecule has 0 saturated carbocycles. The maximum Gasteiger partial charge on any atom is 0.0235 e. The van der Waals surface area contributed by atoms with E-state index < -0.39 is 0 Å². The monoisotopic (exact) mass is 115 g/mol. The molecule has 40 valence electrons. The van der Waals surface area contributed by atoms with Crippen LogP contribution >= 0.6 is 11.8 Å². The van der Waals surface area contributed by atoms with Gasteiger partial charge < -0.3 is 5.73 Å². The third kappa shape index (κ3) is 1.21. The Bertz CT molecular complexity index is 88.1. The highest BCUT2D eigenvalue weighted by Crippen LogP contribution is 2.22. The zero-order chi connectivity index (χ0) is 5.11. The normalized spacial score (nSPS) is 19.9. The second-order valence-electron chi connectivity index (χ2n) is 1.51. The molecule has 0 spiro atoms. The number of hydrogen-bond acceptors (Lipinski definition) is 2. The molecule has 0 unspecified atom stereocenters. The minimum Gasteiger partial charge on any atom is -0.326 e. The van der Waals surface area contributed by atoms with Gasteiger partial charge in [0.1, 0.15) is 0 Å². The SMILES string of the molecule is NCC1=CCCS1. The highest BCUT2D eigenvalue weighted by Gasteiger charge is 2.00. The Kier molecular flexibility index (Phi) is 1.77. The van der Waals surface area contributed by atoms with Gasteiger partial charge in [-0.25, -0.2) is 0 Å². The lowest BCUT2D eigenvalue weighted by Gasteiger charge is -1.89. The molecule has 7 heavy (non-hydrogen) atoms. The van der Waals surface area contributed by atoms with Gasteiger partial charge in [0.05, 0.1) is 0 Å². The Balaban J connectivity index is 2.36. The number of rotatable bonds is 1. The summed E-state index contributed by atoms with van der Waals surface area (Å²) in [7, 11) is 0. The van der Waals surface area contributed by atoms with E-state index in [0.29, 0.717) is 0 Å². The van der Waals surface area contributed by atoms with Crippen LogP contribution in [0.1, 0.15) is 6.42 Å². The van der Waals surface area contributed by atoms with Crippen molar-refractivity contribution < 1.29 is 0 Å². The Morgan fingerprint density at radius 2 is 2.71 bits per heavy atom. The van der Waals surface area contributed by atoms with Gasteiger partial charge in [-0.05, 0) is 11.3 Å². The predicted molar refractivity (Wildman–Crippen MR) is 34.2 cm³/mol. The van der Waals surface area contributed by atoms with Crippen molar-refractivity contribution in [2.75, 3.05) is 12.3 Å². The lowest BCUT2D eigenvalue weighted by Crippen LogP contribution is -1.97. The summed E-state index contributed by atoms with van der Waals surface area (Å²) in [5.41, 5.74) is 5.34. The molecule has 0 aromatic heterocycles. The summed E-state index contributed by atoms with van der Waals surface area (Å²) in [5, 5.41) is 0. The van der Waals surface area contributed by atoms with Gasteiger partial charge in [0.25, 0.3) is 0 Å². The topological polar surface area (TPSA) is 26.0 Å². The van der Waals surface area contributed by atoms with Gasteiger partial charge in [0.15, 0.2) is 0 Å². The molecule has 0 bridgehead atoms. The summed E-state index contributed by atoms with van der Waals surface area (Å²) >= 11 is 1.88. The van der Waals surface area contributed by atoms with Gasteiger partial charge in [-0.1, -0.05) is 6.08 Å². The maximum absolute atomic E-state index is 5.34. The molecule has 1 rings (SSSR count). The molecule has 0 aromatic carbocycles. The van der Waals surface area contributed by atoms with Crippen LogP contribution in [0.15, 0.2) is 11.0 Å². The quantitative estimate of drug-likeness (QED) is 0.551. The van der Waals surface area contributed by atoms with E-state index in [1.807, 2.05) is 11.8 Å². The lowest BCUT2D eigenvalue weighted by molar-refractivity contribution is 1.21. The maximum atomic E-state index is 5.34. The van der Waals surface area contributed by atoms with Gasteiger partial charge >= 0.3 is 0 Å². The van der Waals surface area contributed by atoms with Gasteiger partial charge in [0, 0.05) is 12.3 Å². The van der Waals surface area contributed by atoms with Crippen LogP contribution in [0.2, 0.25) is 0 Å². The third-order valence-corrected chi connectivity index (χ3v) is 2.12. The molecule has 1 aliphatic rings. The first-order valence-electron chi connectivity index (χ1n) is 2.45. The molecule has 0 atom stereocenters. The van der Waals surface area contributed by atoms with Gasteiger partial charge in [-0.3, -0.25) is 0 Å². The first-order chi connectivity index (χ1) is 3.43. The first kappa shape index (κ1) is 5.19. The van der Waals surface area contributed by atoms with E-state index in [4.69, 9.17) is 5.73 Å². The minimum atomic E-state index is 0.741. The summed E-state index contributed by atoms with van der Waals surface area (Å²) in [6.07, 6.45) is 3.43. The predicted octanol–water partition coefficient (Wildman–Crippen LogP) is 0.966. The number of thioether (sulfide) groups is 1. The van der Waals surface area contributed by atoms with Crippen molar-refractivity contribution in [1.29, 1.82) is 0 Å². The van der Waals surface area contributed by atoms with Crippen molar-refractivity contribution >= 4 is 11.8 Å². The standard InChI is InChI=1S/C5H9NS/c6-4-5-2-1-3-7-5/h2H,1,3-4,6H2. The second-order valence-corrected chi connectivity index (χ2v) is 2.73. The Morgan fingerprint density at radius 1 is 1.86 bits per heavy atom. The van der Waals surface area contributed by atoms with Crippen LogP contribution in [0, 0.1) is 0 Å².